The summed E-state index contributed by atoms with van der Waals surface area (Å²) in [6.45, 7) is 1.56. The number of aromatic carboxylic acids is 1. The molecule has 0 aromatic carbocycles. The third kappa shape index (κ3) is 2.99. The van der Waals surface area contributed by atoms with Crippen LogP contribution in [0.25, 0.3) is 11.6 Å². The molecule has 0 fully saturated rings. The largest absolute Gasteiger partial charge is 0.475 e. The molecule has 25 heavy (non-hydrogen) atoms. The van der Waals surface area contributed by atoms with Gasteiger partial charge in [0.15, 0.2) is 11.6 Å². The highest BCUT2D eigenvalue weighted by atomic mass is 16.4. The van der Waals surface area contributed by atoms with Gasteiger partial charge in [-0.1, -0.05) is 0 Å². The zero-order chi connectivity index (χ0) is 17.4. The number of hydrogen-bond acceptors (Lipinski definition) is 6. The lowest BCUT2D eigenvalue weighted by atomic mass is 10.1. The van der Waals surface area contributed by atoms with E-state index in [0.29, 0.717) is 49.0 Å². The molecule has 8 heteroatoms. The molecule has 0 amide bonds. The second-order valence-electron chi connectivity index (χ2n) is 5.85. The van der Waals surface area contributed by atoms with Crippen LogP contribution in [0.2, 0.25) is 0 Å². The Hall–Kier alpha value is -3.13. The van der Waals surface area contributed by atoms with Gasteiger partial charge in [-0.15, -0.1) is 0 Å². The molecular formula is C17H15N3O5. The van der Waals surface area contributed by atoms with Crippen molar-refractivity contribution in [2.75, 3.05) is 6.54 Å². The van der Waals surface area contributed by atoms with Gasteiger partial charge in [-0.25, -0.2) is 9.78 Å². The molecule has 8 nitrogen and oxygen atoms in total. The van der Waals surface area contributed by atoms with Crippen molar-refractivity contribution < 1.29 is 18.7 Å². The first-order valence-electron chi connectivity index (χ1n) is 7.80. The van der Waals surface area contributed by atoms with Crippen molar-refractivity contribution in [3.63, 3.8) is 0 Å². The Labute approximate surface area is 141 Å². The van der Waals surface area contributed by atoms with Crippen LogP contribution >= 0.6 is 0 Å². The van der Waals surface area contributed by atoms with E-state index in [4.69, 9.17) is 13.9 Å². The van der Waals surface area contributed by atoms with Crippen molar-refractivity contribution >= 4 is 5.97 Å². The van der Waals surface area contributed by atoms with Crippen LogP contribution in [0.1, 0.15) is 27.6 Å². The minimum absolute atomic E-state index is 0.0880. The van der Waals surface area contributed by atoms with Gasteiger partial charge in [-0.2, -0.15) is 0 Å². The first-order valence-corrected chi connectivity index (χ1v) is 7.80. The molecule has 0 bridgehead atoms. The standard InChI is InChI=1S/C17H15N3O5/c21-16-11-9-20(8-10-3-4-14(25-10)17(22)23)6-5-12(11)18-15(19-16)13-2-1-7-24-13/h1-4,7H,5-6,8-9H2,(H,22,23)(H,18,19,21). The number of carboxylic acids is 1. The number of carboxylic acid groups (broad SMARTS) is 1. The summed E-state index contributed by atoms with van der Waals surface area (Å²) in [6, 6.07) is 6.56. The van der Waals surface area contributed by atoms with E-state index in [0.717, 1.165) is 5.69 Å². The van der Waals surface area contributed by atoms with E-state index in [1.54, 1.807) is 18.2 Å². The fourth-order valence-corrected chi connectivity index (χ4v) is 2.94. The van der Waals surface area contributed by atoms with Gasteiger partial charge in [-0.3, -0.25) is 9.69 Å². The summed E-state index contributed by atoms with van der Waals surface area (Å²) in [6.07, 6.45) is 2.16. The van der Waals surface area contributed by atoms with Crippen LogP contribution in [0.4, 0.5) is 0 Å². The maximum Gasteiger partial charge on any atom is 0.371 e. The zero-order valence-electron chi connectivity index (χ0n) is 13.2. The second kappa shape index (κ2) is 6.06. The number of nitrogens with one attached hydrogen (secondary N) is 1. The summed E-state index contributed by atoms with van der Waals surface area (Å²) < 4.78 is 10.6. The van der Waals surface area contributed by atoms with Crippen molar-refractivity contribution in [3.05, 3.63) is 63.7 Å². The Bertz CT molecular complexity index is 971. The van der Waals surface area contributed by atoms with Gasteiger partial charge >= 0.3 is 5.97 Å². The third-order valence-electron chi connectivity index (χ3n) is 4.15. The monoisotopic (exact) mass is 341 g/mol. The number of rotatable bonds is 4. The predicted molar refractivity (Wildman–Crippen MR) is 86.0 cm³/mol. The van der Waals surface area contributed by atoms with E-state index in [9.17, 15) is 9.59 Å². The zero-order valence-corrected chi connectivity index (χ0v) is 13.2. The summed E-state index contributed by atoms with van der Waals surface area (Å²) in [5.41, 5.74) is 1.19. The molecule has 4 rings (SSSR count). The van der Waals surface area contributed by atoms with Crippen LogP contribution in [0.3, 0.4) is 0 Å². The van der Waals surface area contributed by atoms with Crippen LogP contribution in [0.5, 0.6) is 0 Å². The van der Waals surface area contributed by atoms with E-state index in [1.807, 2.05) is 4.90 Å². The van der Waals surface area contributed by atoms with Crippen LogP contribution in [0.15, 0.2) is 44.2 Å². The minimum Gasteiger partial charge on any atom is -0.475 e. The maximum absolute atomic E-state index is 12.4. The molecule has 128 valence electrons. The number of aromatic nitrogens is 2. The number of furan rings is 2. The van der Waals surface area contributed by atoms with Crippen LogP contribution in [-0.2, 0) is 19.5 Å². The highest BCUT2D eigenvalue weighted by molar-refractivity contribution is 5.84. The van der Waals surface area contributed by atoms with Crippen LogP contribution in [-0.4, -0.2) is 32.5 Å². The van der Waals surface area contributed by atoms with Gasteiger partial charge in [0, 0.05) is 19.5 Å². The fourth-order valence-electron chi connectivity index (χ4n) is 2.94. The Kier molecular flexibility index (Phi) is 3.73. The molecule has 1 aliphatic heterocycles. The molecule has 0 aliphatic carbocycles. The molecule has 0 saturated heterocycles. The van der Waals surface area contributed by atoms with Gasteiger partial charge in [-0.05, 0) is 24.3 Å². The molecule has 4 heterocycles. The van der Waals surface area contributed by atoms with Gasteiger partial charge in [0.25, 0.3) is 5.56 Å². The predicted octanol–water partition coefficient (Wildman–Crippen LogP) is 1.88. The molecular weight excluding hydrogens is 326 g/mol. The van der Waals surface area contributed by atoms with Gasteiger partial charge in [0.05, 0.1) is 24.1 Å². The lowest BCUT2D eigenvalue weighted by molar-refractivity contribution is 0.0658. The van der Waals surface area contributed by atoms with E-state index in [1.165, 1.54) is 12.3 Å². The van der Waals surface area contributed by atoms with E-state index in [2.05, 4.69) is 9.97 Å². The number of hydrogen-bond donors (Lipinski definition) is 2. The average molecular weight is 341 g/mol. The summed E-state index contributed by atoms with van der Waals surface area (Å²) in [4.78, 5) is 32.6. The first kappa shape index (κ1) is 15.4. The average Bonchev–Trinajstić information content (AvgIpc) is 3.27. The van der Waals surface area contributed by atoms with Crippen molar-refractivity contribution in [3.8, 4) is 11.6 Å². The number of aromatic amines is 1. The van der Waals surface area contributed by atoms with Gasteiger partial charge < -0.3 is 18.9 Å². The molecule has 0 unspecified atom stereocenters. The normalized spacial score (nSPS) is 14.4. The highest BCUT2D eigenvalue weighted by Crippen LogP contribution is 2.20. The Balaban J connectivity index is 1.55. The summed E-state index contributed by atoms with van der Waals surface area (Å²) >= 11 is 0. The number of carbonyl (C=O) groups is 1. The van der Waals surface area contributed by atoms with Crippen LogP contribution < -0.4 is 5.56 Å². The van der Waals surface area contributed by atoms with E-state index >= 15 is 0 Å². The molecule has 1 aliphatic rings. The van der Waals surface area contributed by atoms with E-state index < -0.39 is 5.97 Å². The summed E-state index contributed by atoms with van der Waals surface area (Å²) in [5, 5.41) is 8.91. The van der Waals surface area contributed by atoms with Crippen molar-refractivity contribution in [1.29, 1.82) is 0 Å². The number of H-pyrrole nitrogens is 1. The topological polar surface area (TPSA) is 113 Å². The third-order valence-corrected chi connectivity index (χ3v) is 4.15. The molecule has 0 radical (unpaired) electrons. The highest BCUT2D eigenvalue weighted by Gasteiger charge is 2.23. The lowest BCUT2D eigenvalue weighted by Crippen LogP contribution is -2.35. The molecule has 0 atom stereocenters. The quantitative estimate of drug-likeness (QED) is 0.745. The van der Waals surface area contributed by atoms with Crippen molar-refractivity contribution in [2.24, 2.45) is 0 Å². The maximum atomic E-state index is 12.4. The minimum atomic E-state index is -1.10. The Morgan fingerprint density at radius 2 is 2.24 bits per heavy atom. The van der Waals surface area contributed by atoms with Crippen molar-refractivity contribution in [1.82, 2.24) is 14.9 Å². The number of fused-ring (bicyclic) bond motifs is 1. The van der Waals surface area contributed by atoms with Crippen LogP contribution in [0, 0.1) is 0 Å². The van der Waals surface area contributed by atoms with Crippen molar-refractivity contribution in [2.45, 2.75) is 19.5 Å². The molecule has 2 N–H and O–H groups in total. The SMILES string of the molecule is O=C(O)c1ccc(CN2CCc3nc(-c4ccco4)[nH]c(=O)c3C2)o1. The summed E-state index contributed by atoms with van der Waals surface area (Å²) in [5.74, 6) is 0.326. The Morgan fingerprint density at radius 3 is 2.96 bits per heavy atom. The van der Waals surface area contributed by atoms with Gasteiger partial charge in [0.2, 0.25) is 5.76 Å². The smallest absolute Gasteiger partial charge is 0.371 e. The lowest BCUT2D eigenvalue weighted by Gasteiger charge is -2.26. The number of nitrogens with zero attached hydrogens (tertiary/aromatic N) is 2. The fraction of sp³-hybridized carbons (Fsp3) is 0.235. The molecule has 3 aromatic heterocycles. The first-order chi connectivity index (χ1) is 12.1. The van der Waals surface area contributed by atoms with E-state index in [-0.39, 0.29) is 11.3 Å². The van der Waals surface area contributed by atoms with Gasteiger partial charge in [0.1, 0.15) is 5.76 Å². The molecule has 0 spiro atoms. The Morgan fingerprint density at radius 1 is 1.36 bits per heavy atom. The molecule has 0 saturated carbocycles. The second-order valence-corrected chi connectivity index (χ2v) is 5.85. The molecule has 3 aromatic rings. The summed E-state index contributed by atoms with van der Waals surface area (Å²) in [7, 11) is 0.